The van der Waals surface area contributed by atoms with Crippen LogP contribution in [0.15, 0.2) is 34.7 Å². The minimum Gasteiger partial charge on any atom is -0.459 e. The van der Waals surface area contributed by atoms with Crippen molar-refractivity contribution in [2.45, 2.75) is 31.8 Å². The maximum Gasteiger partial charge on any atom is 0.134 e. The Morgan fingerprint density at radius 2 is 2.26 bits per heavy atom. The highest BCUT2D eigenvalue weighted by atomic mass is 16.3. The van der Waals surface area contributed by atoms with Crippen LogP contribution in [0.25, 0.3) is 11.0 Å². The van der Waals surface area contributed by atoms with E-state index in [1.807, 2.05) is 18.2 Å². The molecule has 0 amide bonds. The monoisotopic (exact) mass is 258 g/mol. The topological polar surface area (TPSA) is 28.4 Å². The molecule has 1 aromatic heterocycles. The van der Waals surface area contributed by atoms with Crippen molar-refractivity contribution in [2.75, 3.05) is 20.1 Å². The van der Waals surface area contributed by atoms with E-state index in [2.05, 4.69) is 36.3 Å². The lowest BCUT2D eigenvalue weighted by molar-refractivity contribution is 0.289. The van der Waals surface area contributed by atoms with Crippen molar-refractivity contribution in [3.05, 3.63) is 36.1 Å². The quantitative estimate of drug-likeness (QED) is 0.913. The molecule has 1 aliphatic heterocycles. The van der Waals surface area contributed by atoms with Crippen molar-refractivity contribution in [3.8, 4) is 0 Å². The maximum atomic E-state index is 5.90. The van der Waals surface area contributed by atoms with Crippen LogP contribution in [0.2, 0.25) is 0 Å². The lowest BCUT2D eigenvalue weighted by Crippen LogP contribution is -2.36. The first-order chi connectivity index (χ1) is 9.24. The highest BCUT2D eigenvalue weighted by Gasteiger charge is 2.21. The molecule has 1 saturated heterocycles. The molecule has 1 aromatic carbocycles. The van der Waals surface area contributed by atoms with Crippen LogP contribution in [0.5, 0.6) is 0 Å². The highest BCUT2D eigenvalue weighted by molar-refractivity contribution is 5.77. The average molecular weight is 258 g/mol. The lowest BCUT2D eigenvalue weighted by Gasteiger charge is -2.21. The zero-order chi connectivity index (χ0) is 13.2. The Hall–Kier alpha value is -1.32. The van der Waals surface area contributed by atoms with Crippen LogP contribution in [0.3, 0.4) is 0 Å². The summed E-state index contributed by atoms with van der Waals surface area (Å²) in [5, 5.41) is 4.78. The summed E-state index contributed by atoms with van der Waals surface area (Å²) in [5.41, 5.74) is 0.976. The summed E-state index contributed by atoms with van der Waals surface area (Å²) in [4.78, 5) is 2.44. The van der Waals surface area contributed by atoms with E-state index in [0.29, 0.717) is 6.04 Å². The summed E-state index contributed by atoms with van der Waals surface area (Å²) >= 11 is 0. The van der Waals surface area contributed by atoms with Crippen LogP contribution in [0.4, 0.5) is 0 Å². The molecule has 0 spiro atoms. The number of likely N-dealkylation sites (N-methyl/N-ethyl adjacent to an activating group) is 1. The van der Waals surface area contributed by atoms with Crippen LogP contribution in [-0.2, 0) is 0 Å². The Morgan fingerprint density at radius 1 is 1.42 bits per heavy atom. The molecule has 0 bridgehead atoms. The molecule has 3 rings (SSSR count). The number of para-hydroxylation sites is 1. The number of nitrogens with one attached hydrogen (secondary N) is 1. The van der Waals surface area contributed by atoms with Gasteiger partial charge in [0.25, 0.3) is 0 Å². The van der Waals surface area contributed by atoms with E-state index in [-0.39, 0.29) is 6.04 Å². The Morgan fingerprint density at radius 3 is 3.00 bits per heavy atom. The second-order valence-electron chi connectivity index (χ2n) is 5.59. The van der Waals surface area contributed by atoms with Crippen molar-refractivity contribution in [1.82, 2.24) is 10.2 Å². The van der Waals surface area contributed by atoms with Crippen molar-refractivity contribution in [3.63, 3.8) is 0 Å². The number of likely N-dealkylation sites (tertiary alicyclic amines) is 1. The number of nitrogens with zero attached hydrogens (tertiary/aromatic N) is 1. The fourth-order valence-electron chi connectivity index (χ4n) is 2.87. The molecular formula is C16H22N2O. The number of rotatable bonds is 4. The molecule has 2 aromatic rings. The lowest BCUT2D eigenvalue weighted by atomic mass is 10.2. The van der Waals surface area contributed by atoms with E-state index in [1.54, 1.807) is 0 Å². The van der Waals surface area contributed by atoms with Crippen LogP contribution in [0, 0.1) is 0 Å². The Kier molecular flexibility index (Phi) is 3.58. The molecule has 0 saturated carbocycles. The third kappa shape index (κ3) is 2.67. The maximum absolute atomic E-state index is 5.90. The number of furan rings is 1. The molecule has 1 fully saturated rings. The Balaban J connectivity index is 1.64. The van der Waals surface area contributed by atoms with E-state index < -0.39 is 0 Å². The SMILES string of the molecule is CC(NCC1CCCN1C)c1cc2ccccc2o1. The summed E-state index contributed by atoms with van der Waals surface area (Å²) in [5.74, 6) is 1.03. The Bertz CT molecular complexity index is 515. The van der Waals surface area contributed by atoms with Gasteiger partial charge in [-0.1, -0.05) is 18.2 Å². The van der Waals surface area contributed by atoms with Gasteiger partial charge in [-0.2, -0.15) is 0 Å². The van der Waals surface area contributed by atoms with Crippen molar-refractivity contribution < 1.29 is 4.42 Å². The largest absolute Gasteiger partial charge is 0.459 e. The van der Waals surface area contributed by atoms with E-state index in [9.17, 15) is 0 Å². The van der Waals surface area contributed by atoms with Gasteiger partial charge in [-0.15, -0.1) is 0 Å². The van der Waals surface area contributed by atoms with E-state index in [4.69, 9.17) is 4.42 Å². The third-order valence-corrected chi connectivity index (χ3v) is 4.20. The summed E-state index contributed by atoms with van der Waals surface area (Å²) in [6.45, 7) is 4.44. The normalized spacial score (nSPS) is 22.1. The van der Waals surface area contributed by atoms with Crippen molar-refractivity contribution >= 4 is 11.0 Å². The van der Waals surface area contributed by atoms with Crippen LogP contribution in [-0.4, -0.2) is 31.1 Å². The molecule has 19 heavy (non-hydrogen) atoms. The van der Waals surface area contributed by atoms with Gasteiger partial charge < -0.3 is 14.6 Å². The fraction of sp³-hybridized carbons (Fsp3) is 0.500. The Labute approximate surface area is 114 Å². The minimum atomic E-state index is 0.265. The predicted molar refractivity (Wildman–Crippen MR) is 78.3 cm³/mol. The fourth-order valence-corrected chi connectivity index (χ4v) is 2.87. The van der Waals surface area contributed by atoms with Gasteiger partial charge in [0.1, 0.15) is 11.3 Å². The molecule has 0 radical (unpaired) electrons. The molecular weight excluding hydrogens is 236 g/mol. The molecule has 2 heterocycles. The molecule has 2 atom stereocenters. The molecule has 0 aliphatic carbocycles. The van der Waals surface area contributed by atoms with Crippen molar-refractivity contribution in [2.24, 2.45) is 0 Å². The second-order valence-corrected chi connectivity index (χ2v) is 5.59. The summed E-state index contributed by atoms with van der Waals surface area (Å²) in [7, 11) is 2.21. The number of fused-ring (bicyclic) bond motifs is 1. The molecule has 2 unspecified atom stereocenters. The molecule has 1 N–H and O–H groups in total. The smallest absolute Gasteiger partial charge is 0.134 e. The third-order valence-electron chi connectivity index (χ3n) is 4.20. The van der Waals surface area contributed by atoms with Gasteiger partial charge in [-0.3, -0.25) is 0 Å². The second kappa shape index (κ2) is 5.35. The number of benzene rings is 1. The zero-order valence-electron chi connectivity index (χ0n) is 11.7. The summed E-state index contributed by atoms with van der Waals surface area (Å²) in [6, 6.07) is 11.3. The van der Waals surface area contributed by atoms with Gasteiger partial charge in [0.15, 0.2) is 0 Å². The van der Waals surface area contributed by atoms with Gasteiger partial charge >= 0.3 is 0 Å². The molecule has 102 valence electrons. The zero-order valence-corrected chi connectivity index (χ0v) is 11.7. The average Bonchev–Trinajstić information content (AvgIpc) is 3.01. The van der Waals surface area contributed by atoms with Crippen molar-refractivity contribution in [1.29, 1.82) is 0 Å². The summed E-state index contributed by atoms with van der Waals surface area (Å²) in [6.07, 6.45) is 2.62. The van der Waals surface area contributed by atoms with Gasteiger partial charge in [-0.05, 0) is 45.5 Å². The van der Waals surface area contributed by atoms with Gasteiger partial charge in [0, 0.05) is 18.0 Å². The van der Waals surface area contributed by atoms with Gasteiger partial charge in [0.05, 0.1) is 6.04 Å². The van der Waals surface area contributed by atoms with E-state index in [0.717, 1.165) is 17.9 Å². The first-order valence-electron chi connectivity index (χ1n) is 7.16. The number of hydrogen-bond acceptors (Lipinski definition) is 3. The van der Waals surface area contributed by atoms with Crippen LogP contribution in [0.1, 0.15) is 31.6 Å². The van der Waals surface area contributed by atoms with E-state index >= 15 is 0 Å². The molecule has 3 heteroatoms. The van der Waals surface area contributed by atoms with Crippen LogP contribution < -0.4 is 5.32 Å². The first kappa shape index (κ1) is 12.7. The minimum absolute atomic E-state index is 0.265. The standard InChI is InChI=1S/C16H22N2O/c1-12(17-11-14-7-5-9-18(14)2)16-10-13-6-3-4-8-15(13)19-16/h3-4,6,8,10,12,14,17H,5,7,9,11H2,1-2H3. The number of hydrogen-bond donors (Lipinski definition) is 1. The summed E-state index contributed by atoms with van der Waals surface area (Å²) < 4.78 is 5.90. The van der Waals surface area contributed by atoms with Gasteiger partial charge in [-0.25, -0.2) is 0 Å². The van der Waals surface area contributed by atoms with E-state index in [1.165, 1.54) is 24.8 Å². The van der Waals surface area contributed by atoms with Gasteiger partial charge in [0.2, 0.25) is 0 Å². The first-order valence-corrected chi connectivity index (χ1v) is 7.16. The predicted octanol–water partition coefficient (Wildman–Crippen LogP) is 3.18. The molecule has 1 aliphatic rings. The molecule has 3 nitrogen and oxygen atoms in total. The van der Waals surface area contributed by atoms with Crippen LogP contribution >= 0.6 is 0 Å². The highest BCUT2D eigenvalue weighted by Crippen LogP contribution is 2.24.